The number of ether oxygens (including phenoxy) is 1. The highest BCUT2D eigenvalue weighted by atomic mass is 16.5. The summed E-state index contributed by atoms with van der Waals surface area (Å²) in [5.41, 5.74) is 1.32. The molecule has 0 aliphatic heterocycles. The second-order valence-corrected chi connectivity index (χ2v) is 3.57. The van der Waals surface area contributed by atoms with Crippen molar-refractivity contribution in [2.45, 2.75) is 38.5 Å². The van der Waals surface area contributed by atoms with Gasteiger partial charge in [0, 0.05) is 20.1 Å². The lowest BCUT2D eigenvalue weighted by molar-refractivity contribution is -0.114. The maximum atomic E-state index is 11.2. The molecule has 0 aromatic carbocycles. The van der Waals surface area contributed by atoms with Crippen LogP contribution in [-0.2, 0) is 9.53 Å². The summed E-state index contributed by atoms with van der Waals surface area (Å²) < 4.78 is 4.98. The molecule has 0 aromatic rings. The van der Waals surface area contributed by atoms with E-state index in [0.29, 0.717) is 5.78 Å². The molecule has 0 heterocycles. The van der Waals surface area contributed by atoms with Crippen molar-refractivity contribution in [2.24, 2.45) is 0 Å². The highest BCUT2D eigenvalue weighted by Gasteiger charge is 2.07. The molecule has 0 spiro atoms. The predicted molar refractivity (Wildman–Crippen MR) is 52.7 cm³/mol. The van der Waals surface area contributed by atoms with Gasteiger partial charge in [0.2, 0.25) is 0 Å². The Balaban J connectivity index is 2.32. The molecule has 2 nitrogen and oxygen atoms in total. The van der Waals surface area contributed by atoms with Gasteiger partial charge in [0.15, 0.2) is 5.78 Å². The number of ketones is 1. The summed E-state index contributed by atoms with van der Waals surface area (Å²) in [6.07, 6.45) is 7.99. The summed E-state index contributed by atoms with van der Waals surface area (Å²) in [4.78, 5) is 11.2. The van der Waals surface area contributed by atoms with E-state index >= 15 is 0 Å². The van der Waals surface area contributed by atoms with Gasteiger partial charge in [-0.2, -0.15) is 0 Å². The average molecular weight is 182 g/mol. The first-order valence-electron chi connectivity index (χ1n) is 5.04. The van der Waals surface area contributed by atoms with Gasteiger partial charge >= 0.3 is 0 Å². The lowest BCUT2D eigenvalue weighted by Crippen LogP contribution is -1.93. The number of carbonyl (C=O) groups excluding carboxylic acids is 1. The van der Waals surface area contributed by atoms with Crippen LogP contribution in [0.1, 0.15) is 38.5 Å². The molecular formula is C11H18O2. The van der Waals surface area contributed by atoms with Gasteiger partial charge < -0.3 is 4.74 Å². The molecule has 0 amide bonds. The molecular weight excluding hydrogens is 164 g/mol. The number of carbonyl (C=O) groups is 1. The van der Waals surface area contributed by atoms with E-state index in [-0.39, 0.29) is 0 Å². The van der Waals surface area contributed by atoms with Crippen molar-refractivity contribution in [1.29, 1.82) is 0 Å². The SMILES string of the molecule is COCCCC1=CC(=O)CCCC1. The number of hydrogen-bond donors (Lipinski definition) is 0. The third kappa shape index (κ3) is 4.23. The maximum Gasteiger partial charge on any atom is 0.155 e. The molecule has 1 aliphatic rings. The van der Waals surface area contributed by atoms with Crippen molar-refractivity contribution >= 4 is 5.78 Å². The summed E-state index contributed by atoms with van der Waals surface area (Å²) in [5.74, 6) is 0.310. The zero-order chi connectivity index (χ0) is 9.52. The zero-order valence-corrected chi connectivity index (χ0v) is 8.34. The number of hydrogen-bond acceptors (Lipinski definition) is 2. The van der Waals surface area contributed by atoms with Crippen LogP contribution in [0, 0.1) is 0 Å². The van der Waals surface area contributed by atoms with Crippen LogP contribution in [0.2, 0.25) is 0 Å². The Morgan fingerprint density at radius 3 is 2.92 bits per heavy atom. The fourth-order valence-corrected chi connectivity index (χ4v) is 1.66. The monoisotopic (exact) mass is 182 g/mol. The zero-order valence-electron chi connectivity index (χ0n) is 8.34. The molecule has 0 saturated carbocycles. The minimum absolute atomic E-state index is 0.310. The number of rotatable bonds is 4. The van der Waals surface area contributed by atoms with Gasteiger partial charge in [0.05, 0.1) is 0 Å². The van der Waals surface area contributed by atoms with E-state index < -0.39 is 0 Å². The molecule has 0 N–H and O–H groups in total. The Hall–Kier alpha value is -0.630. The normalized spacial score (nSPS) is 18.2. The molecule has 0 atom stereocenters. The van der Waals surface area contributed by atoms with Gasteiger partial charge in [-0.25, -0.2) is 0 Å². The third-order valence-corrected chi connectivity index (χ3v) is 2.38. The summed E-state index contributed by atoms with van der Waals surface area (Å²) in [5, 5.41) is 0. The van der Waals surface area contributed by atoms with Crippen LogP contribution in [0.5, 0.6) is 0 Å². The fourth-order valence-electron chi connectivity index (χ4n) is 1.66. The van der Waals surface area contributed by atoms with Crippen molar-refractivity contribution < 1.29 is 9.53 Å². The molecule has 74 valence electrons. The van der Waals surface area contributed by atoms with E-state index in [2.05, 4.69) is 0 Å². The molecule has 1 aliphatic carbocycles. The van der Waals surface area contributed by atoms with Gasteiger partial charge in [0.25, 0.3) is 0 Å². The molecule has 0 saturated heterocycles. The molecule has 1 rings (SSSR count). The second-order valence-electron chi connectivity index (χ2n) is 3.57. The van der Waals surface area contributed by atoms with E-state index in [4.69, 9.17) is 4.74 Å². The topological polar surface area (TPSA) is 26.3 Å². The summed E-state index contributed by atoms with van der Waals surface area (Å²) >= 11 is 0. The minimum atomic E-state index is 0.310. The van der Waals surface area contributed by atoms with Crippen molar-refractivity contribution in [1.82, 2.24) is 0 Å². The fraction of sp³-hybridized carbons (Fsp3) is 0.727. The van der Waals surface area contributed by atoms with E-state index in [1.807, 2.05) is 6.08 Å². The van der Waals surface area contributed by atoms with Crippen LogP contribution >= 0.6 is 0 Å². The lowest BCUT2D eigenvalue weighted by atomic mass is 10.1. The third-order valence-electron chi connectivity index (χ3n) is 2.38. The maximum absolute atomic E-state index is 11.2. The Bertz CT molecular complexity index is 194. The molecule has 0 bridgehead atoms. The Morgan fingerprint density at radius 1 is 1.38 bits per heavy atom. The largest absolute Gasteiger partial charge is 0.385 e. The van der Waals surface area contributed by atoms with Gasteiger partial charge in [-0.05, 0) is 38.2 Å². The Morgan fingerprint density at radius 2 is 2.15 bits per heavy atom. The molecule has 13 heavy (non-hydrogen) atoms. The van der Waals surface area contributed by atoms with Crippen LogP contribution in [0.3, 0.4) is 0 Å². The molecule has 0 radical (unpaired) electrons. The van der Waals surface area contributed by atoms with E-state index in [9.17, 15) is 4.79 Å². The van der Waals surface area contributed by atoms with Crippen LogP contribution in [0.15, 0.2) is 11.6 Å². The van der Waals surface area contributed by atoms with E-state index in [1.54, 1.807) is 7.11 Å². The first-order valence-corrected chi connectivity index (χ1v) is 5.04. The van der Waals surface area contributed by atoms with Crippen molar-refractivity contribution in [2.75, 3.05) is 13.7 Å². The quantitative estimate of drug-likeness (QED) is 0.624. The summed E-state index contributed by atoms with van der Waals surface area (Å²) in [6, 6.07) is 0. The summed E-state index contributed by atoms with van der Waals surface area (Å²) in [7, 11) is 1.71. The average Bonchev–Trinajstić information content (AvgIpc) is 2.31. The highest BCUT2D eigenvalue weighted by molar-refractivity contribution is 5.90. The van der Waals surface area contributed by atoms with Gasteiger partial charge in [-0.15, -0.1) is 0 Å². The Kier molecular flexibility index (Phi) is 4.76. The van der Waals surface area contributed by atoms with Crippen LogP contribution in [0.4, 0.5) is 0 Å². The first kappa shape index (κ1) is 10.5. The molecule has 0 fully saturated rings. The number of methoxy groups -OCH3 is 1. The van der Waals surface area contributed by atoms with E-state index in [0.717, 1.165) is 38.7 Å². The van der Waals surface area contributed by atoms with Gasteiger partial charge in [0.1, 0.15) is 0 Å². The number of allylic oxidation sites excluding steroid dienone is 2. The minimum Gasteiger partial charge on any atom is -0.385 e. The second kappa shape index (κ2) is 5.92. The van der Waals surface area contributed by atoms with Gasteiger partial charge in [-0.1, -0.05) is 5.57 Å². The Labute approximate surface area is 80.0 Å². The smallest absolute Gasteiger partial charge is 0.155 e. The predicted octanol–water partition coefficient (Wildman–Crippen LogP) is 2.48. The highest BCUT2D eigenvalue weighted by Crippen LogP contribution is 2.19. The van der Waals surface area contributed by atoms with Crippen molar-refractivity contribution in [3.05, 3.63) is 11.6 Å². The van der Waals surface area contributed by atoms with Crippen molar-refractivity contribution in [3.63, 3.8) is 0 Å². The van der Waals surface area contributed by atoms with Crippen LogP contribution in [-0.4, -0.2) is 19.5 Å². The van der Waals surface area contributed by atoms with Gasteiger partial charge in [-0.3, -0.25) is 4.79 Å². The molecule has 2 heteroatoms. The van der Waals surface area contributed by atoms with Crippen molar-refractivity contribution in [3.8, 4) is 0 Å². The van der Waals surface area contributed by atoms with Crippen LogP contribution in [0.25, 0.3) is 0 Å². The standard InChI is InChI=1S/C11H18O2/c1-13-8-4-6-10-5-2-3-7-11(12)9-10/h9H,2-8H2,1H3. The lowest BCUT2D eigenvalue weighted by Gasteiger charge is -2.03. The molecule has 0 aromatic heterocycles. The summed E-state index contributed by atoms with van der Waals surface area (Å²) in [6.45, 7) is 0.797. The molecule has 0 unspecified atom stereocenters. The van der Waals surface area contributed by atoms with E-state index in [1.165, 1.54) is 12.0 Å². The first-order chi connectivity index (χ1) is 6.33. The van der Waals surface area contributed by atoms with Crippen LogP contribution < -0.4 is 0 Å².